The van der Waals surface area contributed by atoms with E-state index in [1.807, 2.05) is 30.3 Å². The Kier molecular flexibility index (Phi) is 4.48. The Bertz CT molecular complexity index is 599. The van der Waals surface area contributed by atoms with E-state index in [1.165, 1.54) is 6.07 Å². The summed E-state index contributed by atoms with van der Waals surface area (Å²) in [6.07, 6.45) is 0. The Morgan fingerprint density at radius 1 is 1.25 bits per heavy atom. The number of nitrogens with two attached hydrogens (primary N) is 1. The summed E-state index contributed by atoms with van der Waals surface area (Å²) in [7, 11) is 0. The SMILES string of the molecule is Cc1ccc(C(NCc2ccccc2)C(N)=O)cc1F. The summed E-state index contributed by atoms with van der Waals surface area (Å²) >= 11 is 0. The summed E-state index contributed by atoms with van der Waals surface area (Å²) in [6, 6.07) is 13.7. The van der Waals surface area contributed by atoms with Gasteiger partial charge in [0, 0.05) is 6.54 Å². The van der Waals surface area contributed by atoms with Crippen LogP contribution in [-0.4, -0.2) is 5.91 Å². The first-order valence-electron chi connectivity index (χ1n) is 6.40. The van der Waals surface area contributed by atoms with Crippen LogP contribution in [0.5, 0.6) is 0 Å². The van der Waals surface area contributed by atoms with E-state index in [4.69, 9.17) is 5.73 Å². The molecule has 0 saturated carbocycles. The minimum absolute atomic E-state index is 0.338. The first-order valence-corrected chi connectivity index (χ1v) is 6.40. The van der Waals surface area contributed by atoms with Crippen LogP contribution < -0.4 is 11.1 Å². The average molecular weight is 272 g/mol. The maximum Gasteiger partial charge on any atom is 0.239 e. The molecule has 0 saturated heterocycles. The second-order valence-electron chi connectivity index (χ2n) is 4.71. The number of halogens is 1. The molecule has 0 aromatic heterocycles. The van der Waals surface area contributed by atoms with Crippen LogP contribution in [0.2, 0.25) is 0 Å². The zero-order chi connectivity index (χ0) is 14.5. The van der Waals surface area contributed by atoms with Crippen molar-refractivity contribution in [2.75, 3.05) is 0 Å². The Morgan fingerprint density at radius 2 is 1.95 bits per heavy atom. The van der Waals surface area contributed by atoms with Gasteiger partial charge in [0.2, 0.25) is 5.91 Å². The lowest BCUT2D eigenvalue weighted by atomic mass is 10.0. The third-order valence-corrected chi connectivity index (χ3v) is 3.17. The highest BCUT2D eigenvalue weighted by Gasteiger charge is 2.18. The van der Waals surface area contributed by atoms with Crippen molar-refractivity contribution in [1.82, 2.24) is 5.32 Å². The number of carbonyl (C=O) groups excluding carboxylic acids is 1. The third kappa shape index (κ3) is 3.42. The van der Waals surface area contributed by atoms with E-state index in [0.717, 1.165) is 5.56 Å². The lowest BCUT2D eigenvalue weighted by Crippen LogP contribution is -2.33. The van der Waals surface area contributed by atoms with Gasteiger partial charge >= 0.3 is 0 Å². The smallest absolute Gasteiger partial charge is 0.239 e. The zero-order valence-corrected chi connectivity index (χ0v) is 11.3. The summed E-state index contributed by atoms with van der Waals surface area (Å²) in [5.41, 5.74) is 7.51. The van der Waals surface area contributed by atoms with Gasteiger partial charge < -0.3 is 5.73 Å². The van der Waals surface area contributed by atoms with Crippen molar-refractivity contribution in [3.8, 4) is 0 Å². The Labute approximate surface area is 117 Å². The predicted molar refractivity (Wildman–Crippen MR) is 76.4 cm³/mol. The molecule has 0 bridgehead atoms. The van der Waals surface area contributed by atoms with Gasteiger partial charge in [-0.3, -0.25) is 10.1 Å². The first kappa shape index (κ1) is 14.2. The molecular formula is C16H17FN2O. The third-order valence-electron chi connectivity index (χ3n) is 3.17. The van der Waals surface area contributed by atoms with Crippen molar-refractivity contribution in [2.24, 2.45) is 5.73 Å². The number of primary amides is 1. The molecule has 3 nitrogen and oxygen atoms in total. The van der Waals surface area contributed by atoms with Gasteiger partial charge in [0.25, 0.3) is 0 Å². The van der Waals surface area contributed by atoms with E-state index in [-0.39, 0.29) is 5.82 Å². The van der Waals surface area contributed by atoms with Crippen LogP contribution in [-0.2, 0) is 11.3 Å². The van der Waals surface area contributed by atoms with Crippen molar-refractivity contribution >= 4 is 5.91 Å². The largest absolute Gasteiger partial charge is 0.368 e. The molecule has 0 aliphatic heterocycles. The fourth-order valence-corrected chi connectivity index (χ4v) is 1.99. The molecule has 2 aromatic carbocycles. The molecule has 2 rings (SSSR count). The molecule has 0 radical (unpaired) electrons. The number of nitrogens with one attached hydrogen (secondary N) is 1. The highest BCUT2D eigenvalue weighted by Crippen LogP contribution is 2.17. The van der Waals surface area contributed by atoms with Gasteiger partial charge in [-0.15, -0.1) is 0 Å². The quantitative estimate of drug-likeness (QED) is 0.878. The first-order chi connectivity index (χ1) is 9.58. The highest BCUT2D eigenvalue weighted by molar-refractivity contribution is 5.81. The summed E-state index contributed by atoms with van der Waals surface area (Å²) in [4.78, 5) is 11.6. The number of amides is 1. The van der Waals surface area contributed by atoms with Crippen molar-refractivity contribution in [3.05, 3.63) is 71.0 Å². The van der Waals surface area contributed by atoms with Gasteiger partial charge in [0.05, 0.1) is 0 Å². The number of rotatable bonds is 5. The summed E-state index contributed by atoms with van der Waals surface area (Å²) in [5, 5.41) is 3.06. The summed E-state index contributed by atoms with van der Waals surface area (Å²) in [6.45, 7) is 2.17. The number of hydrogen-bond donors (Lipinski definition) is 2. The fourth-order valence-electron chi connectivity index (χ4n) is 1.99. The molecule has 104 valence electrons. The minimum Gasteiger partial charge on any atom is -0.368 e. The molecule has 0 aliphatic rings. The maximum atomic E-state index is 13.6. The number of aryl methyl sites for hydroxylation is 1. The average Bonchev–Trinajstić information content (AvgIpc) is 2.43. The second kappa shape index (κ2) is 6.30. The molecule has 1 unspecified atom stereocenters. The van der Waals surface area contributed by atoms with Gasteiger partial charge in [0.1, 0.15) is 11.9 Å². The van der Waals surface area contributed by atoms with Gasteiger partial charge in [-0.25, -0.2) is 4.39 Å². The minimum atomic E-state index is -0.703. The summed E-state index contributed by atoms with van der Waals surface area (Å²) < 4.78 is 13.6. The van der Waals surface area contributed by atoms with Crippen LogP contribution in [0.15, 0.2) is 48.5 Å². The lowest BCUT2D eigenvalue weighted by Gasteiger charge is -2.16. The van der Waals surface area contributed by atoms with Gasteiger partial charge in [-0.2, -0.15) is 0 Å². The highest BCUT2D eigenvalue weighted by atomic mass is 19.1. The van der Waals surface area contributed by atoms with Crippen molar-refractivity contribution < 1.29 is 9.18 Å². The van der Waals surface area contributed by atoms with Crippen LogP contribution in [0.25, 0.3) is 0 Å². The molecule has 0 fully saturated rings. The molecule has 1 atom stereocenters. The van der Waals surface area contributed by atoms with Gasteiger partial charge in [-0.05, 0) is 29.7 Å². The molecule has 1 amide bonds. The van der Waals surface area contributed by atoms with Crippen LogP contribution in [0.1, 0.15) is 22.7 Å². The van der Waals surface area contributed by atoms with Crippen LogP contribution >= 0.6 is 0 Å². The predicted octanol–water partition coefficient (Wildman–Crippen LogP) is 2.45. The lowest BCUT2D eigenvalue weighted by molar-refractivity contribution is -0.120. The zero-order valence-electron chi connectivity index (χ0n) is 11.3. The number of carbonyl (C=O) groups is 1. The molecule has 20 heavy (non-hydrogen) atoms. The molecule has 2 aromatic rings. The van der Waals surface area contributed by atoms with Gasteiger partial charge in [-0.1, -0.05) is 42.5 Å². The van der Waals surface area contributed by atoms with E-state index in [2.05, 4.69) is 5.32 Å². The maximum absolute atomic E-state index is 13.6. The van der Waals surface area contributed by atoms with Crippen molar-refractivity contribution in [3.63, 3.8) is 0 Å². The number of benzene rings is 2. The van der Waals surface area contributed by atoms with E-state index in [9.17, 15) is 9.18 Å². The Balaban J connectivity index is 2.15. The standard InChI is InChI=1S/C16H17FN2O/c1-11-7-8-13(9-14(11)17)15(16(18)20)19-10-12-5-3-2-4-6-12/h2-9,15,19H,10H2,1H3,(H2,18,20). The second-order valence-corrected chi connectivity index (χ2v) is 4.71. The molecular weight excluding hydrogens is 255 g/mol. The van der Waals surface area contributed by atoms with Crippen LogP contribution in [0.4, 0.5) is 4.39 Å². The fraction of sp³-hybridized carbons (Fsp3) is 0.188. The molecule has 3 N–H and O–H groups in total. The Hall–Kier alpha value is -2.20. The molecule has 0 aliphatic carbocycles. The monoisotopic (exact) mass is 272 g/mol. The molecule has 0 spiro atoms. The number of hydrogen-bond acceptors (Lipinski definition) is 2. The van der Waals surface area contributed by atoms with Crippen molar-refractivity contribution in [2.45, 2.75) is 19.5 Å². The van der Waals surface area contributed by atoms with E-state index >= 15 is 0 Å². The normalized spacial score (nSPS) is 12.1. The molecule has 4 heteroatoms. The van der Waals surface area contributed by atoms with Crippen LogP contribution in [0, 0.1) is 12.7 Å². The molecule has 0 heterocycles. The van der Waals surface area contributed by atoms with E-state index in [0.29, 0.717) is 17.7 Å². The van der Waals surface area contributed by atoms with E-state index < -0.39 is 11.9 Å². The Morgan fingerprint density at radius 3 is 2.55 bits per heavy atom. The summed E-state index contributed by atoms with van der Waals surface area (Å²) in [5.74, 6) is -0.862. The van der Waals surface area contributed by atoms with Crippen molar-refractivity contribution in [1.29, 1.82) is 0 Å². The van der Waals surface area contributed by atoms with E-state index in [1.54, 1.807) is 19.1 Å². The van der Waals surface area contributed by atoms with Crippen LogP contribution in [0.3, 0.4) is 0 Å². The van der Waals surface area contributed by atoms with Gasteiger partial charge in [0.15, 0.2) is 0 Å². The topological polar surface area (TPSA) is 55.1 Å².